The predicted molar refractivity (Wildman–Crippen MR) is 59.5 cm³/mol. The second-order valence-electron chi connectivity index (χ2n) is 4.02. The van der Waals surface area contributed by atoms with Crippen molar-refractivity contribution in [1.29, 1.82) is 0 Å². The average Bonchev–Trinajstić information content (AvgIpc) is 2.14. The summed E-state index contributed by atoms with van der Waals surface area (Å²) in [4.78, 5) is 21.1. The zero-order valence-electron chi connectivity index (χ0n) is 9.79. The summed E-state index contributed by atoms with van der Waals surface area (Å²) < 4.78 is 4.67. The minimum atomic E-state index is -0.285. The Bertz CT molecular complexity index is 227. The summed E-state index contributed by atoms with van der Waals surface area (Å²) in [6, 6.07) is 0. The van der Waals surface area contributed by atoms with Gasteiger partial charge in [0, 0.05) is 6.42 Å². The fraction of sp³-hybridized carbons (Fsp3) is 0.667. The predicted octanol–water partition coefficient (Wildman–Crippen LogP) is 2.50. The van der Waals surface area contributed by atoms with Crippen LogP contribution < -0.4 is 0 Å². The van der Waals surface area contributed by atoms with E-state index >= 15 is 0 Å². The first-order chi connectivity index (χ1) is 7.06. The molecule has 1 atom stereocenters. The van der Waals surface area contributed by atoms with E-state index in [1.165, 1.54) is 5.57 Å². The van der Waals surface area contributed by atoms with Crippen molar-refractivity contribution < 1.29 is 14.3 Å². The lowest BCUT2D eigenvalue weighted by atomic mass is 10.0. The minimum absolute atomic E-state index is 0.125. The average molecular weight is 212 g/mol. The van der Waals surface area contributed by atoms with Gasteiger partial charge in [0.2, 0.25) is 0 Å². The van der Waals surface area contributed by atoms with E-state index in [0.29, 0.717) is 18.6 Å². The van der Waals surface area contributed by atoms with Crippen LogP contribution in [-0.2, 0) is 14.3 Å². The van der Waals surface area contributed by atoms with Gasteiger partial charge >= 0.3 is 5.97 Å². The van der Waals surface area contributed by atoms with Crippen LogP contribution in [0.2, 0.25) is 0 Å². The van der Waals surface area contributed by atoms with Gasteiger partial charge < -0.3 is 4.74 Å². The normalized spacial score (nSPS) is 11.7. The molecule has 0 bridgehead atoms. The molecular weight excluding hydrogens is 192 g/mol. The monoisotopic (exact) mass is 212 g/mol. The van der Waals surface area contributed by atoms with Gasteiger partial charge in [0.15, 0.2) is 6.29 Å². The van der Waals surface area contributed by atoms with Crippen molar-refractivity contribution in [3.8, 4) is 0 Å². The first-order valence-corrected chi connectivity index (χ1v) is 5.29. The van der Waals surface area contributed by atoms with Crippen LogP contribution in [-0.4, -0.2) is 18.9 Å². The molecule has 0 aliphatic heterocycles. The highest BCUT2D eigenvalue weighted by Crippen LogP contribution is 2.12. The van der Waals surface area contributed by atoms with E-state index in [9.17, 15) is 9.59 Å². The highest BCUT2D eigenvalue weighted by molar-refractivity contribution is 5.71. The molecule has 1 unspecified atom stereocenters. The fourth-order valence-corrected chi connectivity index (χ4v) is 1.23. The van der Waals surface area contributed by atoms with Crippen LogP contribution in [0.3, 0.4) is 0 Å². The van der Waals surface area contributed by atoms with Crippen molar-refractivity contribution in [2.75, 3.05) is 6.61 Å². The number of allylic oxidation sites excluding steroid dienone is 2. The number of ether oxygens (including phenoxy) is 1. The maximum Gasteiger partial charge on any atom is 0.306 e. The lowest BCUT2D eigenvalue weighted by molar-refractivity contribution is -0.146. The van der Waals surface area contributed by atoms with Gasteiger partial charge in [-0.25, -0.2) is 0 Å². The maximum atomic E-state index is 11.1. The lowest BCUT2D eigenvalue weighted by Crippen LogP contribution is -2.10. The van der Waals surface area contributed by atoms with E-state index in [-0.39, 0.29) is 12.6 Å². The van der Waals surface area contributed by atoms with E-state index < -0.39 is 0 Å². The van der Waals surface area contributed by atoms with Crippen LogP contribution in [0, 0.1) is 5.92 Å². The number of carbonyl (C=O) groups is 2. The van der Waals surface area contributed by atoms with Crippen molar-refractivity contribution >= 4 is 12.3 Å². The maximum absolute atomic E-state index is 11.1. The molecule has 0 aliphatic carbocycles. The molecule has 0 fully saturated rings. The van der Waals surface area contributed by atoms with Gasteiger partial charge in [-0.05, 0) is 32.6 Å². The third-order valence-corrected chi connectivity index (χ3v) is 2.04. The quantitative estimate of drug-likeness (QED) is 0.370. The Morgan fingerprint density at radius 2 is 2.07 bits per heavy atom. The molecule has 0 aromatic rings. The molecule has 0 saturated carbocycles. The highest BCUT2D eigenvalue weighted by atomic mass is 16.5. The molecule has 0 rings (SSSR count). The third kappa shape index (κ3) is 9.19. The largest absolute Gasteiger partial charge is 0.458 e. The van der Waals surface area contributed by atoms with E-state index in [4.69, 9.17) is 0 Å². The van der Waals surface area contributed by atoms with Crippen molar-refractivity contribution in [2.45, 2.75) is 40.0 Å². The van der Waals surface area contributed by atoms with Gasteiger partial charge in [-0.1, -0.05) is 18.6 Å². The number of hydrogen-bond acceptors (Lipinski definition) is 3. The Labute approximate surface area is 91.5 Å². The molecule has 0 radical (unpaired) electrons. The van der Waals surface area contributed by atoms with E-state index in [0.717, 1.165) is 12.8 Å². The summed E-state index contributed by atoms with van der Waals surface area (Å²) in [7, 11) is 0. The molecular formula is C12H20O3. The van der Waals surface area contributed by atoms with Crippen LogP contribution in [0.15, 0.2) is 11.6 Å². The first kappa shape index (κ1) is 13.9. The van der Waals surface area contributed by atoms with Crippen LogP contribution >= 0.6 is 0 Å². The van der Waals surface area contributed by atoms with E-state index in [1.807, 2.05) is 6.92 Å². The Hall–Kier alpha value is -1.12. The zero-order valence-corrected chi connectivity index (χ0v) is 9.79. The summed E-state index contributed by atoms with van der Waals surface area (Å²) in [5.74, 6) is 0.0200. The second kappa shape index (κ2) is 8.21. The van der Waals surface area contributed by atoms with Gasteiger partial charge in [-0.3, -0.25) is 9.59 Å². The van der Waals surface area contributed by atoms with Gasteiger partial charge in [0.1, 0.15) is 6.61 Å². The minimum Gasteiger partial charge on any atom is -0.458 e. The fourth-order valence-electron chi connectivity index (χ4n) is 1.23. The van der Waals surface area contributed by atoms with E-state index in [2.05, 4.69) is 24.7 Å². The zero-order chi connectivity index (χ0) is 11.7. The molecule has 0 aliphatic rings. The van der Waals surface area contributed by atoms with Crippen LogP contribution in [0.5, 0.6) is 0 Å². The Kier molecular flexibility index (Phi) is 7.60. The Balaban J connectivity index is 3.63. The van der Waals surface area contributed by atoms with Crippen LogP contribution in [0.1, 0.15) is 40.0 Å². The molecule has 86 valence electrons. The summed E-state index contributed by atoms with van der Waals surface area (Å²) in [5.41, 5.74) is 1.30. The van der Waals surface area contributed by atoms with Gasteiger partial charge in [0.25, 0.3) is 0 Å². The molecule has 3 nitrogen and oxygen atoms in total. The summed E-state index contributed by atoms with van der Waals surface area (Å²) in [6.45, 7) is 6.01. The van der Waals surface area contributed by atoms with Crippen molar-refractivity contribution in [3.05, 3.63) is 11.6 Å². The highest BCUT2D eigenvalue weighted by Gasteiger charge is 2.09. The summed E-state index contributed by atoms with van der Waals surface area (Å²) in [6.07, 6.45) is 5.11. The lowest BCUT2D eigenvalue weighted by Gasteiger charge is -2.08. The smallest absolute Gasteiger partial charge is 0.306 e. The van der Waals surface area contributed by atoms with Crippen molar-refractivity contribution in [1.82, 2.24) is 0 Å². The number of rotatable bonds is 7. The number of aldehydes is 1. The van der Waals surface area contributed by atoms with Crippen LogP contribution in [0.4, 0.5) is 0 Å². The Morgan fingerprint density at radius 1 is 1.40 bits per heavy atom. The number of carbonyl (C=O) groups excluding carboxylic acids is 2. The molecule has 0 amide bonds. The molecule has 0 N–H and O–H groups in total. The topological polar surface area (TPSA) is 43.4 Å². The van der Waals surface area contributed by atoms with Crippen LogP contribution in [0.25, 0.3) is 0 Å². The summed E-state index contributed by atoms with van der Waals surface area (Å²) in [5, 5.41) is 0. The molecule has 3 heteroatoms. The SMILES string of the molecule is CC(C)=CCCC(C)CC(=O)OCC=O. The van der Waals surface area contributed by atoms with Gasteiger partial charge in [0.05, 0.1) is 0 Å². The number of hydrogen-bond donors (Lipinski definition) is 0. The van der Waals surface area contributed by atoms with Crippen molar-refractivity contribution in [3.63, 3.8) is 0 Å². The molecule has 0 spiro atoms. The third-order valence-electron chi connectivity index (χ3n) is 2.04. The molecule has 0 saturated heterocycles. The second-order valence-corrected chi connectivity index (χ2v) is 4.02. The Morgan fingerprint density at radius 3 is 2.60 bits per heavy atom. The standard InChI is InChI=1S/C12H20O3/c1-10(2)5-4-6-11(3)9-12(14)15-8-7-13/h5,7,11H,4,6,8-9H2,1-3H3. The van der Waals surface area contributed by atoms with Gasteiger partial charge in [-0.15, -0.1) is 0 Å². The van der Waals surface area contributed by atoms with Gasteiger partial charge in [-0.2, -0.15) is 0 Å². The molecule has 0 aromatic heterocycles. The molecule has 0 heterocycles. The first-order valence-electron chi connectivity index (χ1n) is 5.29. The van der Waals surface area contributed by atoms with Crippen molar-refractivity contribution in [2.24, 2.45) is 5.92 Å². The number of esters is 1. The van der Waals surface area contributed by atoms with E-state index in [1.54, 1.807) is 0 Å². The molecule has 0 aromatic carbocycles. The summed E-state index contributed by atoms with van der Waals surface area (Å²) >= 11 is 0. The molecule has 15 heavy (non-hydrogen) atoms.